The second kappa shape index (κ2) is 20.4. The summed E-state index contributed by atoms with van der Waals surface area (Å²) in [4.78, 5) is 0. The van der Waals surface area contributed by atoms with Gasteiger partial charge in [0.2, 0.25) is 0 Å². The molecule has 1 saturated heterocycles. The van der Waals surface area contributed by atoms with Gasteiger partial charge in [0.15, 0.2) is 0 Å². The summed E-state index contributed by atoms with van der Waals surface area (Å²) in [6.07, 6.45) is 0. The van der Waals surface area contributed by atoms with E-state index in [1.54, 1.807) is 0 Å². The van der Waals surface area contributed by atoms with Gasteiger partial charge in [-0.1, -0.05) is 108 Å². The van der Waals surface area contributed by atoms with Gasteiger partial charge in [0, 0.05) is 0 Å². The van der Waals surface area contributed by atoms with Gasteiger partial charge in [-0.25, -0.2) is 0 Å². The first kappa shape index (κ1) is 41.0. The van der Waals surface area contributed by atoms with E-state index in [1.807, 2.05) is 0 Å². The van der Waals surface area contributed by atoms with E-state index >= 15 is 0 Å². The topological polar surface area (TPSA) is 78.4 Å². The SMILES string of the molecule is C1COCCOCCOCCOCCOCCO1.CC(C)(C)c1cc(-c2c3ccccc3cc3ccccc23)c([O-])c(C(C)(C)C)c1.[K+]. The molecule has 8 heteroatoms. The molecule has 0 amide bonds. The minimum Gasteiger partial charge on any atom is -0.872 e. The van der Waals surface area contributed by atoms with Crippen LogP contribution < -0.4 is 56.5 Å². The monoisotopic (exact) mass is 684 g/mol. The van der Waals surface area contributed by atoms with Gasteiger partial charge in [-0.15, -0.1) is 0 Å². The summed E-state index contributed by atoms with van der Waals surface area (Å²) in [6.45, 7) is 20.1. The van der Waals surface area contributed by atoms with Crippen LogP contribution in [-0.4, -0.2) is 79.3 Å². The Balaban J connectivity index is 0.000000286. The molecule has 0 N–H and O–H groups in total. The van der Waals surface area contributed by atoms with Crippen molar-refractivity contribution in [3.63, 3.8) is 0 Å². The van der Waals surface area contributed by atoms with E-state index in [9.17, 15) is 5.11 Å². The number of hydrogen-bond donors (Lipinski definition) is 0. The van der Waals surface area contributed by atoms with Crippen molar-refractivity contribution in [1.82, 2.24) is 0 Å². The van der Waals surface area contributed by atoms with Gasteiger partial charge in [0.1, 0.15) is 0 Å². The molecule has 0 aromatic heterocycles. The molecule has 1 aliphatic heterocycles. The Hall–Kier alpha value is -1.40. The third kappa shape index (κ3) is 12.4. The fraction of sp³-hybridized carbons (Fsp3) is 0.500. The number of hydrogen-bond acceptors (Lipinski definition) is 7. The molecule has 0 bridgehead atoms. The van der Waals surface area contributed by atoms with Crippen LogP contribution in [0.5, 0.6) is 5.75 Å². The van der Waals surface area contributed by atoms with E-state index in [2.05, 4.69) is 108 Å². The number of rotatable bonds is 1. The predicted octanol–water partition coefficient (Wildman–Crippen LogP) is 4.43. The molecule has 1 heterocycles. The maximum atomic E-state index is 13.8. The maximum absolute atomic E-state index is 13.8. The van der Waals surface area contributed by atoms with Gasteiger partial charge < -0.3 is 33.5 Å². The third-order valence-corrected chi connectivity index (χ3v) is 8.04. The minimum absolute atomic E-state index is 0. The van der Waals surface area contributed by atoms with Crippen LogP contribution in [0.15, 0.2) is 66.7 Å². The van der Waals surface area contributed by atoms with Gasteiger partial charge in [-0.3, -0.25) is 0 Å². The van der Waals surface area contributed by atoms with E-state index in [0.29, 0.717) is 79.3 Å². The molecular formula is C40H53KO7. The molecule has 5 rings (SSSR count). The smallest absolute Gasteiger partial charge is 0.872 e. The van der Waals surface area contributed by atoms with E-state index in [4.69, 9.17) is 28.4 Å². The molecule has 48 heavy (non-hydrogen) atoms. The van der Waals surface area contributed by atoms with E-state index < -0.39 is 0 Å². The summed E-state index contributed by atoms with van der Waals surface area (Å²) in [5.41, 5.74) is 3.71. The van der Waals surface area contributed by atoms with Gasteiger partial charge >= 0.3 is 51.4 Å². The van der Waals surface area contributed by atoms with E-state index in [-0.39, 0.29) is 68.0 Å². The van der Waals surface area contributed by atoms with Crippen LogP contribution in [0.2, 0.25) is 0 Å². The van der Waals surface area contributed by atoms with Crippen LogP contribution in [0.25, 0.3) is 32.7 Å². The molecular weight excluding hydrogens is 632 g/mol. The van der Waals surface area contributed by atoms with Crippen LogP contribution in [0, 0.1) is 0 Å². The molecule has 1 fully saturated rings. The first-order valence-electron chi connectivity index (χ1n) is 16.8. The Bertz CT molecular complexity index is 1410. The average Bonchev–Trinajstić information content (AvgIpc) is 3.03. The predicted molar refractivity (Wildman–Crippen MR) is 189 cm³/mol. The summed E-state index contributed by atoms with van der Waals surface area (Å²) in [5, 5.41) is 18.4. The van der Waals surface area contributed by atoms with Crippen molar-refractivity contribution in [1.29, 1.82) is 0 Å². The molecule has 1 aliphatic rings. The molecule has 4 aromatic carbocycles. The fourth-order valence-electron chi connectivity index (χ4n) is 5.43. The first-order valence-corrected chi connectivity index (χ1v) is 16.8. The second-order valence-electron chi connectivity index (χ2n) is 13.8. The molecule has 4 aromatic rings. The molecule has 0 radical (unpaired) electrons. The zero-order valence-corrected chi connectivity index (χ0v) is 33.3. The van der Waals surface area contributed by atoms with Crippen molar-refractivity contribution < 1.29 is 84.9 Å². The maximum Gasteiger partial charge on any atom is 1.00 e. The van der Waals surface area contributed by atoms with Crippen molar-refractivity contribution in [3.05, 3.63) is 77.9 Å². The van der Waals surface area contributed by atoms with Crippen molar-refractivity contribution in [2.24, 2.45) is 0 Å². The van der Waals surface area contributed by atoms with Crippen molar-refractivity contribution in [2.45, 2.75) is 52.4 Å². The number of fused-ring (bicyclic) bond motifs is 2. The normalized spacial score (nSPS) is 16.6. The molecule has 0 unspecified atom stereocenters. The summed E-state index contributed by atoms with van der Waals surface area (Å²) in [5.74, 6) is 0.145. The van der Waals surface area contributed by atoms with Gasteiger partial charge in [0.05, 0.1) is 79.3 Å². The van der Waals surface area contributed by atoms with Gasteiger partial charge in [-0.2, -0.15) is 0 Å². The van der Waals surface area contributed by atoms with Crippen LogP contribution >= 0.6 is 0 Å². The summed E-state index contributed by atoms with van der Waals surface area (Å²) in [6, 6.07) is 23.3. The molecule has 0 saturated carbocycles. The zero-order valence-electron chi connectivity index (χ0n) is 30.2. The second-order valence-corrected chi connectivity index (χ2v) is 13.8. The molecule has 0 aliphatic carbocycles. The zero-order chi connectivity index (χ0) is 33.7. The molecule has 7 nitrogen and oxygen atoms in total. The minimum atomic E-state index is -0.215. The van der Waals surface area contributed by atoms with Crippen LogP contribution in [-0.2, 0) is 39.3 Å². The summed E-state index contributed by atoms with van der Waals surface area (Å²) >= 11 is 0. The third-order valence-electron chi connectivity index (χ3n) is 8.04. The quantitative estimate of drug-likeness (QED) is 0.217. The standard InChI is InChI=1S/C28H30O.C12H24O6.K/c1-27(2,3)20-16-23(26(29)24(17-20)28(4,5)6)25-21-13-9-7-11-18(21)15-19-12-8-10-14-22(19)25;1-2-14-5-6-16-9-10-18-12-11-17-8-7-15-4-3-13-1;/h7-17,29H,1-6H3;1-12H2;/q;;+1/p-1. The average molecular weight is 685 g/mol. The molecule has 0 atom stereocenters. The Labute approximate surface area is 330 Å². The summed E-state index contributed by atoms with van der Waals surface area (Å²) in [7, 11) is 0. The van der Waals surface area contributed by atoms with Crippen LogP contribution in [0.3, 0.4) is 0 Å². The first-order chi connectivity index (χ1) is 22.6. The van der Waals surface area contributed by atoms with Gasteiger partial charge in [-0.05, 0) is 60.7 Å². The fourth-order valence-corrected chi connectivity index (χ4v) is 5.43. The van der Waals surface area contributed by atoms with Crippen LogP contribution in [0.4, 0.5) is 0 Å². The number of benzene rings is 4. The Morgan fingerprint density at radius 2 is 0.833 bits per heavy atom. The van der Waals surface area contributed by atoms with Gasteiger partial charge in [0.25, 0.3) is 0 Å². The van der Waals surface area contributed by atoms with Crippen molar-refractivity contribution in [3.8, 4) is 16.9 Å². The summed E-state index contributed by atoms with van der Waals surface area (Å²) < 4.78 is 32.0. The largest absolute Gasteiger partial charge is 1.00 e. The Morgan fingerprint density at radius 3 is 1.17 bits per heavy atom. The van der Waals surface area contributed by atoms with Crippen molar-refractivity contribution >= 4 is 21.5 Å². The Morgan fingerprint density at radius 1 is 0.479 bits per heavy atom. The molecule has 256 valence electrons. The van der Waals surface area contributed by atoms with E-state index in [0.717, 1.165) is 27.5 Å². The van der Waals surface area contributed by atoms with Crippen LogP contribution in [0.1, 0.15) is 52.7 Å². The number of ether oxygens (including phenoxy) is 6. The van der Waals surface area contributed by atoms with E-state index in [1.165, 1.54) is 16.3 Å². The molecule has 0 spiro atoms. The Kier molecular flexibility index (Phi) is 17.5. The van der Waals surface area contributed by atoms with Crippen molar-refractivity contribution in [2.75, 3.05) is 79.3 Å².